The Bertz CT molecular complexity index is 227. The zero-order chi connectivity index (χ0) is 17.9. The molecule has 0 rings (SSSR count). The normalized spacial score (nSPS) is 4.63. The number of hydrogen-bond acceptors (Lipinski definition) is 5. The van der Waals surface area contributed by atoms with Crippen LogP contribution in [0.15, 0.2) is 0 Å². The molecule has 10 nitrogen and oxygen atoms in total. The number of aliphatic carboxylic acids is 5. The Labute approximate surface area is 314 Å². The molecule has 0 saturated carbocycles. The van der Waals surface area contributed by atoms with Gasteiger partial charge in [-0.3, -0.25) is 24.0 Å². The van der Waals surface area contributed by atoms with Gasteiger partial charge in [0.25, 0.3) is 29.8 Å². The van der Waals surface area contributed by atoms with E-state index in [-0.39, 0.29) is 207 Å². The monoisotopic (exact) mass is 468 g/mol. The molecule has 0 spiro atoms. The van der Waals surface area contributed by atoms with Crippen LogP contribution in [0.5, 0.6) is 0 Å². The van der Waals surface area contributed by atoms with E-state index in [2.05, 4.69) is 0 Å². The van der Waals surface area contributed by atoms with Crippen molar-refractivity contribution in [1.29, 1.82) is 0 Å². The molecule has 0 aromatic rings. The van der Waals surface area contributed by atoms with Crippen LogP contribution >= 0.6 is 0 Å². The molecule has 0 radical (unpaired) electrons. The van der Waals surface area contributed by atoms with Crippen LogP contribution < -0.4 is 0 Å². The van der Waals surface area contributed by atoms with Crippen molar-refractivity contribution in [2.24, 2.45) is 0 Å². The zero-order valence-corrected chi connectivity index (χ0v) is 11.8. The van der Waals surface area contributed by atoms with Gasteiger partial charge >= 0.3 is 207 Å². The Hall–Kier alpha value is 4.35. The second-order valence-corrected chi connectivity index (χ2v) is 2.60. The second kappa shape index (κ2) is 69.8. The Kier molecular flexibility index (Phi) is 199. The third-order valence-electron chi connectivity index (χ3n) is 0. The number of carboxylic acid groups (broad SMARTS) is 5. The van der Waals surface area contributed by atoms with Crippen molar-refractivity contribution in [2.45, 2.75) is 34.6 Å². The second-order valence-electron chi connectivity index (χ2n) is 2.60. The Morgan fingerprint density at radius 1 is 0.333 bits per heavy atom. The van der Waals surface area contributed by atoms with Gasteiger partial charge < -0.3 is 25.5 Å². The Balaban J connectivity index is -0.00000000978. The molecule has 0 aromatic heterocycles. The minimum atomic E-state index is -0.833. The van der Waals surface area contributed by atoms with E-state index in [1.165, 1.54) is 0 Å². The van der Waals surface area contributed by atoms with Crippen molar-refractivity contribution in [1.82, 2.24) is 0 Å². The molecule has 0 aliphatic rings. The number of carbonyl (C=O) groups is 5. The van der Waals surface area contributed by atoms with E-state index in [9.17, 15) is 0 Å². The van der Waals surface area contributed by atoms with Crippen LogP contribution in [-0.4, -0.2) is 262 Å². The summed E-state index contributed by atoms with van der Waals surface area (Å²) in [6, 6.07) is 0. The van der Waals surface area contributed by atoms with Crippen LogP contribution in [0.3, 0.4) is 0 Å². The van der Waals surface area contributed by atoms with E-state index in [1.54, 1.807) is 0 Å². The van der Waals surface area contributed by atoms with Gasteiger partial charge in [-0.2, -0.15) is 0 Å². The van der Waals surface area contributed by atoms with Crippen molar-refractivity contribution in [3.63, 3.8) is 0 Å². The predicted octanol–water partition coefficient (Wildman–Crippen LogP) is -4.08. The molecule has 0 unspecified atom stereocenters. The summed E-state index contributed by atoms with van der Waals surface area (Å²) in [5, 5.41) is 37.1. The minimum absolute atomic E-state index is 0. The molecule has 0 fully saturated rings. The van der Waals surface area contributed by atoms with Gasteiger partial charge in [-0.1, -0.05) is 0 Å². The van der Waals surface area contributed by atoms with Crippen molar-refractivity contribution < 1.29 is 49.5 Å². The molecule has 0 saturated heterocycles. The van der Waals surface area contributed by atoms with Crippen LogP contribution in [0.1, 0.15) is 34.6 Å². The average Bonchev–Trinajstić information content (AvgIpc) is 1.94. The summed E-state index contributed by atoms with van der Waals surface area (Å²) >= 11 is 0. The first-order valence-corrected chi connectivity index (χ1v) is 4.64. The van der Waals surface area contributed by atoms with Crippen LogP contribution in [0, 0.1) is 0 Å². The molecule has 134 valence electrons. The quantitative estimate of drug-likeness (QED) is 0.219. The van der Waals surface area contributed by atoms with Crippen LogP contribution in [0.2, 0.25) is 0 Å². The molecular weight excluding hydrogens is 441 g/mol. The Morgan fingerprint density at radius 2 is 0.333 bits per heavy atom. The van der Waals surface area contributed by atoms with Gasteiger partial charge in [0.1, 0.15) is 0 Å². The summed E-state index contributed by atoms with van der Waals surface area (Å²) in [5.41, 5.74) is 0. The van der Waals surface area contributed by atoms with Gasteiger partial charge in [0.05, 0.1) is 0 Å². The summed E-state index contributed by atoms with van der Waals surface area (Å²) in [6.07, 6.45) is 0. The molecule has 0 atom stereocenters. The van der Waals surface area contributed by atoms with Crippen molar-refractivity contribution >= 4 is 237 Å². The molecule has 0 amide bonds. The van der Waals surface area contributed by atoms with E-state index in [0.29, 0.717) is 0 Å². The van der Waals surface area contributed by atoms with Gasteiger partial charge in [-0.05, 0) is 0 Å². The summed E-state index contributed by atoms with van der Waals surface area (Å²) in [7, 11) is 0. The molecule has 0 aliphatic heterocycles. The average molecular weight is 468 g/mol. The molecule has 0 aromatic carbocycles. The first-order chi connectivity index (χ1) is 8.66. The van der Waals surface area contributed by atoms with Crippen molar-refractivity contribution in [2.75, 3.05) is 0 Å². The SMILES string of the molecule is CC(=O)O.CC(=O)O.CC(=O)O.CC(=O)O.CC(=O)O.[NaH].[NaH].[NaH].[NaH].[NaH].[NaH].[NaH]. The maximum absolute atomic E-state index is 9.00. The topological polar surface area (TPSA) is 186 Å². The van der Waals surface area contributed by atoms with Crippen LogP contribution in [0.25, 0.3) is 0 Å². The molecule has 0 bridgehead atoms. The van der Waals surface area contributed by atoms with E-state index in [4.69, 9.17) is 49.5 Å². The molecule has 17 heteroatoms. The summed E-state index contributed by atoms with van der Waals surface area (Å²) in [6.45, 7) is 5.42. The van der Waals surface area contributed by atoms with Crippen LogP contribution in [0.4, 0.5) is 0 Å². The Morgan fingerprint density at radius 3 is 0.333 bits per heavy atom. The van der Waals surface area contributed by atoms with Gasteiger partial charge in [0.2, 0.25) is 0 Å². The van der Waals surface area contributed by atoms with Gasteiger partial charge in [-0.25, -0.2) is 0 Å². The van der Waals surface area contributed by atoms with E-state index in [1.807, 2.05) is 0 Å². The number of rotatable bonds is 0. The van der Waals surface area contributed by atoms with Gasteiger partial charge in [0, 0.05) is 34.6 Å². The first kappa shape index (κ1) is 77.1. The molecule has 5 N–H and O–H groups in total. The number of hydrogen-bond donors (Lipinski definition) is 5. The van der Waals surface area contributed by atoms with E-state index in [0.717, 1.165) is 34.6 Å². The number of carboxylic acids is 5. The van der Waals surface area contributed by atoms with Gasteiger partial charge in [-0.15, -0.1) is 0 Å². The molecule has 0 heterocycles. The van der Waals surface area contributed by atoms with Crippen molar-refractivity contribution in [3.8, 4) is 0 Å². The van der Waals surface area contributed by atoms with E-state index < -0.39 is 29.8 Å². The molecular formula is C10H27Na7O10. The third-order valence-corrected chi connectivity index (χ3v) is 0. The fraction of sp³-hybridized carbons (Fsp3) is 0.500. The molecule has 27 heavy (non-hydrogen) atoms. The zero-order valence-electron chi connectivity index (χ0n) is 11.8. The van der Waals surface area contributed by atoms with Gasteiger partial charge in [0.15, 0.2) is 0 Å². The van der Waals surface area contributed by atoms with E-state index >= 15 is 0 Å². The molecule has 0 aliphatic carbocycles. The first-order valence-electron chi connectivity index (χ1n) is 4.64. The fourth-order valence-electron chi connectivity index (χ4n) is 0. The summed E-state index contributed by atoms with van der Waals surface area (Å²) < 4.78 is 0. The standard InChI is InChI=1S/5C2H4O2.7Na.7H/c5*1-2(3)4;;;;;;;;;;;;;;/h5*1H3,(H,3,4);;;;;;;;;;;;;;. The van der Waals surface area contributed by atoms with Crippen LogP contribution in [-0.2, 0) is 24.0 Å². The van der Waals surface area contributed by atoms with Crippen molar-refractivity contribution in [3.05, 3.63) is 0 Å². The predicted molar refractivity (Wildman–Crippen MR) is 117 cm³/mol. The third kappa shape index (κ3) is 1290. The fourth-order valence-corrected chi connectivity index (χ4v) is 0. The summed E-state index contributed by atoms with van der Waals surface area (Å²) in [5.74, 6) is -4.17. The summed E-state index contributed by atoms with van der Waals surface area (Å²) in [4.78, 5) is 45.0. The maximum atomic E-state index is 9.00.